The minimum Gasteiger partial charge on any atom is -0.399 e. The molecule has 0 amide bonds. The molecule has 112 valence electrons. The quantitative estimate of drug-likeness (QED) is 0.870. The summed E-state index contributed by atoms with van der Waals surface area (Å²) in [5, 5.41) is 4.61. The molecule has 21 heavy (non-hydrogen) atoms. The van der Waals surface area contributed by atoms with Gasteiger partial charge in [0.2, 0.25) is 5.89 Å². The fraction of sp³-hybridized carbons (Fsp3) is 0.500. The molecule has 0 saturated carbocycles. The number of nitrogens with two attached hydrogens (primary N) is 1. The highest BCUT2D eigenvalue weighted by molar-refractivity contribution is 7.99. The summed E-state index contributed by atoms with van der Waals surface area (Å²) < 4.78 is 5.56. The molecule has 0 spiro atoms. The van der Waals surface area contributed by atoms with Gasteiger partial charge in [0.25, 0.3) is 0 Å². The van der Waals surface area contributed by atoms with Crippen LogP contribution >= 0.6 is 11.8 Å². The molecule has 1 aliphatic heterocycles. The molecular weight excluding hydrogens is 282 g/mol. The zero-order chi connectivity index (χ0) is 14.9. The molecule has 2 N–H and O–H groups in total. The zero-order valence-corrected chi connectivity index (χ0v) is 13.3. The van der Waals surface area contributed by atoms with E-state index in [0.29, 0.717) is 11.1 Å². The molecule has 1 fully saturated rings. The Morgan fingerprint density at radius 1 is 1.24 bits per heavy atom. The highest BCUT2D eigenvalue weighted by atomic mass is 32.2. The lowest BCUT2D eigenvalue weighted by Gasteiger charge is -2.21. The minimum absolute atomic E-state index is 0.307. The van der Waals surface area contributed by atoms with Crippen LogP contribution < -0.4 is 5.73 Å². The third-order valence-corrected chi connectivity index (χ3v) is 5.45. The van der Waals surface area contributed by atoms with Gasteiger partial charge in [0, 0.05) is 5.69 Å². The Kier molecular flexibility index (Phi) is 3.93. The van der Waals surface area contributed by atoms with Gasteiger partial charge in [-0.3, -0.25) is 0 Å². The summed E-state index contributed by atoms with van der Waals surface area (Å²) in [6.45, 7) is 4.20. The fourth-order valence-corrected chi connectivity index (χ4v) is 3.82. The average Bonchev–Trinajstić information content (AvgIpc) is 2.99. The van der Waals surface area contributed by atoms with Crippen LogP contribution in [0.15, 0.2) is 28.8 Å². The molecule has 0 bridgehead atoms. The van der Waals surface area contributed by atoms with Gasteiger partial charge in [0.05, 0.1) is 10.7 Å². The number of rotatable bonds is 3. The number of thioether (sulfide) groups is 1. The van der Waals surface area contributed by atoms with E-state index in [9.17, 15) is 0 Å². The fourth-order valence-electron chi connectivity index (χ4n) is 2.59. The molecule has 5 heteroatoms. The van der Waals surface area contributed by atoms with Gasteiger partial charge < -0.3 is 10.3 Å². The van der Waals surface area contributed by atoms with Gasteiger partial charge in [-0.2, -0.15) is 16.7 Å². The largest absolute Gasteiger partial charge is 0.399 e. The van der Waals surface area contributed by atoms with Crippen LogP contribution in [0.4, 0.5) is 5.69 Å². The normalized spacial score (nSPS) is 19.6. The van der Waals surface area contributed by atoms with E-state index in [2.05, 4.69) is 24.0 Å². The molecule has 1 atom stereocenters. The van der Waals surface area contributed by atoms with Crippen molar-refractivity contribution < 1.29 is 4.52 Å². The average molecular weight is 303 g/mol. The summed E-state index contributed by atoms with van der Waals surface area (Å²) >= 11 is 1.94. The van der Waals surface area contributed by atoms with E-state index in [-0.39, 0.29) is 5.41 Å². The van der Waals surface area contributed by atoms with E-state index in [1.165, 1.54) is 18.6 Å². The first-order valence-corrected chi connectivity index (χ1v) is 8.44. The maximum Gasteiger partial charge on any atom is 0.236 e. The number of nitrogens with zero attached hydrogens (tertiary/aromatic N) is 2. The Bertz CT molecular complexity index is 600. The van der Waals surface area contributed by atoms with E-state index >= 15 is 0 Å². The molecule has 0 radical (unpaired) electrons. The van der Waals surface area contributed by atoms with Gasteiger partial charge in [-0.05, 0) is 50.1 Å². The summed E-state index contributed by atoms with van der Waals surface area (Å²) in [6, 6.07) is 7.86. The molecule has 2 aromatic rings. The zero-order valence-electron chi connectivity index (χ0n) is 12.5. The first-order chi connectivity index (χ1) is 10.1. The lowest BCUT2D eigenvalue weighted by Crippen LogP contribution is -2.19. The van der Waals surface area contributed by atoms with Gasteiger partial charge in [0.15, 0.2) is 5.82 Å². The third-order valence-electron chi connectivity index (χ3n) is 4.08. The van der Waals surface area contributed by atoms with Crippen LogP contribution in [0.2, 0.25) is 0 Å². The number of hydrogen-bond donors (Lipinski definition) is 1. The molecule has 1 aromatic carbocycles. The molecule has 0 aliphatic carbocycles. The maximum atomic E-state index is 5.76. The Labute approximate surface area is 129 Å². The highest BCUT2D eigenvalue weighted by Crippen LogP contribution is 2.38. The van der Waals surface area contributed by atoms with Crippen molar-refractivity contribution in [2.24, 2.45) is 0 Å². The van der Waals surface area contributed by atoms with Crippen LogP contribution in [-0.2, 0) is 5.41 Å². The van der Waals surface area contributed by atoms with Crippen molar-refractivity contribution in [1.82, 2.24) is 10.1 Å². The van der Waals surface area contributed by atoms with Crippen molar-refractivity contribution in [3.8, 4) is 0 Å². The Morgan fingerprint density at radius 2 is 2.00 bits per heavy atom. The van der Waals surface area contributed by atoms with E-state index in [1.807, 2.05) is 36.0 Å². The molecule has 1 aliphatic rings. The van der Waals surface area contributed by atoms with Crippen LogP contribution in [0.1, 0.15) is 55.6 Å². The number of hydrogen-bond acceptors (Lipinski definition) is 5. The second kappa shape index (κ2) is 5.72. The molecule has 3 rings (SSSR count). The summed E-state index contributed by atoms with van der Waals surface area (Å²) in [7, 11) is 0. The van der Waals surface area contributed by atoms with Gasteiger partial charge in [0.1, 0.15) is 0 Å². The predicted octanol–water partition coefficient (Wildman–Crippen LogP) is 3.94. The van der Waals surface area contributed by atoms with Crippen LogP contribution in [0.25, 0.3) is 0 Å². The number of nitrogen functional groups attached to an aromatic ring is 1. The summed E-state index contributed by atoms with van der Waals surface area (Å²) in [4.78, 5) is 4.67. The summed E-state index contributed by atoms with van der Waals surface area (Å²) in [6.07, 6.45) is 3.69. The second-order valence-corrected chi connectivity index (χ2v) is 7.37. The molecule has 1 saturated heterocycles. The van der Waals surface area contributed by atoms with Crippen molar-refractivity contribution >= 4 is 17.4 Å². The van der Waals surface area contributed by atoms with E-state index in [4.69, 9.17) is 10.3 Å². The van der Waals surface area contributed by atoms with Crippen LogP contribution in [0.3, 0.4) is 0 Å². The van der Waals surface area contributed by atoms with Gasteiger partial charge in [-0.25, -0.2) is 0 Å². The Morgan fingerprint density at radius 3 is 2.67 bits per heavy atom. The Balaban J connectivity index is 1.85. The predicted molar refractivity (Wildman–Crippen MR) is 86.3 cm³/mol. The van der Waals surface area contributed by atoms with Gasteiger partial charge in [-0.1, -0.05) is 23.7 Å². The Hall–Kier alpha value is -1.49. The SMILES string of the molecule is CC(C)(c1ccc(N)cc1)c1nc(C2CCCCS2)no1. The monoisotopic (exact) mass is 303 g/mol. The highest BCUT2D eigenvalue weighted by Gasteiger charge is 2.31. The van der Waals surface area contributed by atoms with Gasteiger partial charge in [-0.15, -0.1) is 0 Å². The molecule has 4 nitrogen and oxygen atoms in total. The van der Waals surface area contributed by atoms with Crippen molar-refractivity contribution in [3.05, 3.63) is 41.5 Å². The standard InChI is InChI=1S/C16H21N3OS/c1-16(2,11-6-8-12(17)9-7-11)15-18-14(19-20-15)13-5-3-4-10-21-13/h6-9,13H,3-5,10,17H2,1-2H3. The lowest BCUT2D eigenvalue weighted by molar-refractivity contribution is 0.329. The summed E-state index contributed by atoms with van der Waals surface area (Å²) in [5.74, 6) is 2.71. The number of aromatic nitrogens is 2. The van der Waals surface area contributed by atoms with E-state index < -0.39 is 0 Å². The smallest absolute Gasteiger partial charge is 0.236 e. The van der Waals surface area contributed by atoms with Crippen molar-refractivity contribution in [2.45, 2.75) is 43.8 Å². The number of anilines is 1. The van der Waals surface area contributed by atoms with Crippen molar-refractivity contribution in [1.29, 1.82) is 0 Å². The van der Waals surface area contributed by atoms with Crippen molar-refractivity contribution in [3.63, 3.8) is 0 Å². The molecular formula is C16H21N3OS. The topological polar surface area (TPSA) is 64.9 Å². The summed E-state index contributed by atoms with van der Waals surface area (Å²) in [5.41, 5.74) is 7.34. The molecule has 2 heterocycles. The maximum absolute atomic E-state index is 5.76. The number of benzene rings is 1. The van der Waals surface area contributed by atoms with Crippen LogP contribution in [0, 0.1) is 0 Å². The van der Waals surface area contributed by atoms with Crippen LogP contribution in [-0.4, -0.2) is 15.9 Å². The van der Waals surface area contributed by atoms with Gasteiger partial charge >= 0.3 is 0 Å². The lowest BCUT2D eigenvalue weighted by atomic mass is 9.84. The van der Waals surface area contributed by atoms with Crippen molar-refractivity contribution in [2.75, 3.05) is 11.5 Å². The first kappa shape index (κ1) is 14.4. The van der Waals surface area contributed by atoms with E-state index in [1.54, 1.807) is 0 Å². The second-order valence-electron chi connectivity index (χ2n) is 6.06. The van der Waals surface area contributed by atoms with E-state index in [0.717, 1.165) is 23.5 Å². The third kappa shape index (κ3) is 2.93. The van der Waals surface area contributed by atoms with Crippen LogP contribution in [0.5, 0.6) is 0 Å². The first-order valence-electron chi connectivity index (χ1n) is 7.39. The minimum atomic E-state index is -0.307. The molecule has 1 aromatic heterocycles. The molecule has 1 unspecified atom stereocenters.